The van der Waals surface area contributed by atoms with Gasteiger partial charge < -0.3 is 23.2 Å². The lowest BCUT2D eigenvalue weighted by Crippen LogP contribution is -3.00. The molecule has 0 aromatic rings. The maximum absolute atomic E-state index is 10.8. The SMILES string of the molecule is CC[C@H]1CCC[C@](C[NH3+])(CC(=O)O)C1.[Cl-]. The summed E-state index contributed by atoms with van der Waals surface area (Å²) in [5.74, 6) is 0.0650. The Morgan fingerprint density at radius 1 is 1.60 bits per heavy atom. The zero-order valence-corrected chi connectivity index (χ0v) is 10.2. The Morgan fingerprint density at radius 2 is 2.27 bits per heavy atom. The summed E-state index contributed by atoms with van der Waals surface area (Å²) in [6.45, 7) is 2.97. The van der Waals surface area contributed by atoms with E-state index in [-0.39, 0.29) is 17.8 Å². The van der Waals surface area contributed by atoms with Crippen molar-refractivity contribution in [3.8, 4) is 0 Å². The summed E-state index contributed by atoms with van der Waals surface area (Å²) in [7, 11) is 0. The van der Waals surface area contributed by atoms with E-state index in [1.54, 1.807) is 0 Å². The third-order valence-electron chi connectivity index (χ3n) is 3.68. The van der Waals surface area contributed by atoms with Crippen molar-refractivity contribution in [1.29, 1.82) is 0 Å². The van der Waals surface area contributed by atoms with E-state index in [2.05, 4.69) is 12.7 Å². The molecule has 90 valence electrons. The molecule has 4 heteroatoms. The summed E-state index contributed by atoms with van der Waals surface area (Å²) in [4.78, 5) is 10.8. The van der Waals surface area contributed by atoms with Gasteiger partial charge in [-0.05, 0) is 18.8 Å². The lowest BCUT2D eigenvalue weighted by Gasteiger charge is -2.37. The molecule has 0 aliphatic heterocycles. The molecule has 2 atom stereocenters. The van der Waals surface area contributed by atoms with Gasteiger partial charge in [-0.3, -0.25) is 4.79 Å². The van der Waals surface area contributed by atoms with E-state index in [0.717, 1.165) is 25.3 Å². The monoisotopic (exact) mass is 235 g/mol. The van der Waals surface area contributed by atoms with Crippen LogP contribution in [0.25, 0.3) is 0 Å². The van der Waals surface area contributed by atoms with E-state index >= 15 is 0 Å². The largest absolute Gasteiger partial charge is 1.00 e. The highest BCUT2D eigenvalue weighted by Crippen LogP contribution is 2.42. The van der Waals surface area contributed by atoms with Gasteiger partial charge in [0.1, 0.15) is 0 Å². The minimum Gasteiger partial charge on any atom is -1.00 e. The van der Waals surface area contributed by atoms with E-state index in [1.165, 1.54) is 19.3 Å². The van der Waals surface area contributed by atoms with Crippen LogP contribution in [0.5, 0.6) is 0 Å². The molecule has 0 saturated heterocycles. The number of halogens is 1. The second kappa shape index (κ2) is 6.33. The zero-order valence-electron chi connectivity index (χ0n) is 9.47. The van der Waals surface area contributed by atoms with Gasteiger partial charge in [0.2, 0.25) is 0 Å². The molecule has 0 spiro atoms. The van der Waals surface area contributed by atoms with Crippen LogP contribution in [-0.2, 0) is 4.79 Å². The van der Waals surface area contributed by atoms with Crippen molar-refractivity contribution in [2.24, 2.45) is 11.3 Å². The second-order valence-electron chi connectivity index (χ2n) is 4.69. The first-order valence-electron chi connectivity index (χ1n) is 5.63. The Labute approximate surface area is 97.8 Å². The quantitative estimate of drug-likeness (QED) is 0.610. The fourth-order valence-corrected chi connectivity index (χ4v) is 2.73. The van der Waals surface area contributed by atoms with Crippen LogP contribution in [-0.4, -0.2) is 17.6 Å². The number of quaternary nitrogens is 1. The molecule has 0 radical (unpaired) electrons. The highest BCUT2D eigenvalue weighted by molar-refractivity contribution is 5.67. The van der Waals surface area contributed by atoms with Crippen LogP contribution in [0.3, 0.4) is 0 Å². The van der Waals surface area contributed by atoms with Crippen molar-refractivity contribution in [2.45, 2.75) is 45.4 Å². The summed E-state index contributed by atoms with van der Waals surface area (Å²) in [5.41, 5.74) is 3.94. The number of carboxylic acid groups (broad SMARTS) is 1. The van der Waals surface area contributed by atoms with Crippen molar-refractivity contribution in [2.75, 3.05) is 6.54 Å². The van der Waals surface area contributed by atoms with Crippen LogP contribution in [0, 0.1) is 11.3 Å². The highest BCUT2D eigenvalue weighted by atomic mass is 35.5. The molecule has 0 unspecified atom stereocenters. The van der Waals surface area contributed by atoms with Gasteiger partial charge in [0, 0.05) is 5.41 Å². The molecule has 4 N–H and O–H groups in total. The first kappa shape index (κ1) is 14.7. The summed E-state index contributed by atoms with van der Waals surface area (Å²) in [6, 6.07) is 0. The number of carboxylic acids is 1. The zero-order chi connectivity index (χ0) is 10.6. The van der Waals surface area contributed by atoms with Gasteiger partial charge in [-0.1, -0.05) is 26.2 Å². The standard InChI is InChI=1S/C11H21NO2.ClH/c1-2-9-4-3-5-11(6-9,8-12)7-10(13)14;/h9H,2-8,12H2,1H3,(H,13,14);1H/t9-,11+;/m0./s1. The molecule has 0 aromatic heterocycles. The molecule has 1 rings (SSSR count). The predicted molar refractivity (Wildman–Crippen MR) is 54.7 cm³/mol. The van der Waals surface area contributed by atoms with E-state index in [0.29, 0.717) is 6.42 Å². The van der Waals surface area contributed by atoms with Gasteiger partial charge in [0.15, 0.2) is 0 Å². The molecule has 0 heterocycles. The van der Waals surface area contributed by atoms with Crippen molar-refractivity contribution < 1.29 is 28.0 Å². The van der Waals surface area contributed by atoms with Crippen molar-refractivity contribution >= 4 is 5.97 Å². The molecule has 15 heavy (non-hydrogen) atoms. The van der Waals surface area contributed by atoms with Crippen molar-refractivity contribution in [3.05, 3.63) is 0 Å². The maximum atomic E-state index is 10.8. The van der Waals surface area contributed by atoms with Gasteiger partial charge in [-0.2, -0.15) is 0 Å². The lowest BCUT2D eigenvalue weighted by atomic mass is 9.67. The van der Waals surface area contributed by atoms with Crippen LogP contribution < -0.4 is 18.1 Å². The maximum Gasteiger partial charge on any atom is 0.304 e. The molecule has 1 saturated carbocycles. The Hall–Kier alpha value is -0.280. The van der Waals surface area contributed by atoms with Gasteiger partial charge >= 0.3 is 5.97 Å². The lowest BCUT2D eigenvalue weighted by molar-refractivity contribution is -0.396. The van der Waals surface area contributed by atoms with E-state index in [1.807, 2.05) is 0 Å². The summed E-state index contributed by atoms with van der Waals surface area (Å²) < 4.78 is 0. The van der Waals surface area contributed by atoms with Crippen LogP contribution in [0.4, 0.5) is 0 Å². The number of hydrogen-bond acceptors (Lipinski definition) is 1. The van der Waals surface area contributed by atoms with Crippen molar-refractivity contribution in [3.63, 3.8) is 0 Å². The van der Waals surface area contributed by atoms with E-state index < -0.39 is 5.97 Å². The van der Waals surface area contributed by atoms with Crippen molar-refractivity contribution in [1.82, 2.24) is 0 Å². The second-order valence-corrected chi connectivity index (χ2v) is 4.69. The molecule has 1 fully saturated rings. The number of rotatable bonds is 4. The molecule has 0 aromatic carbocycles. The van der Waals surface area contributed by atoms with E-state index in [4.69, 9.17) is 5.11 Å². The average Bonchev–Trinajstić information content (AvgIpc) is 2.17. The minimum atomic E-state index is -0.662. The Morgan fingerprint density at radius 3 is 2.73 bits per heavy atom. The van der Waals surface area contributed by atoms with Gasteiger partial charge in [-0.25, -0.2) is 0 Å². The summed E-state index contributed by atoms with van der Waals surface area (Å²) >= 11 is 0. The first-order chi connectivity index (χ1) is 6.62. The van der Waals surface area contributed by atoms with Crippen LogP contribution in [0.2, 0.25) is 0 Å². The fourth-order valence-electron chi connectivity index (χ4n) is 2.73. The van der Waals surface area contributed by atoms with Gasteiger partial charge in [-0.15, -0.1) is 0 Å². The summed E-state index contributed by atoms with van der Waals surface area (Å²) in [5, 5.41) is 8.89. The normalized spacial score (nSPS) is 30.7. The third kappa shape index (κ3) is 3.99. The molecular formula is C11H22ClNO2. The Balaban J connectivity index is 0.00000196. The molecular weight excluding hydrogens is 214 g/mol. The Bertz CT molecular complexity index is 211. The molecule has 0 bridgehead atoms. The number of carbonyl (C=O) groups is 1. The number of aliphatic carboxylic acids is 1. The Kier molecular flexibility index (Phi) is 6.22. The minimum absolute atomic E-state index is 0. The third-order valence-corrected chi connectivity index (χ3v) is 3.68. The van der Waals surface area contributed by atoms with Gasteiger partial charge in [0.25, 0.3) is 0 Å². The molecule has 3 nitrogen and oxygen atoms in total. The van der Waals surface area contributed by atoms with Crippen LogP contribution >= 0.6 is 0 Å². The van der Waals surface area contributed by atoms with Crippen LogP contribution in [0.1, 0.15) is 45.4 Å². The molecule has 1 aliphatic rings. The molecule has 0 amide bonds. The predicted octanol–water partition coefficient (Wildman–Crippen LogP) is -1.71. The number of hydrogen-bond donors (Lipinski definition) is 2. The van der Waals surface area contributed by atoms with E-state index in [9.17, 15) is 4.79 Å². The van der Waals surface area contributed by atoms with Crippen LogP contribution in [0.15, 0.2) is 0 Å². The first-order valence-corrected chi connectivity index (χ1v) is 5.63. The fraction of sp³-hybridized carbons (Fsp3) is 0.909. The molecule has 1 aliphatic carbocycles. The smallest absolute Gasteiger partial charge is 0.304 e. The topological polar surface area (TPSA) is 64.9 Å². The summed E-state index contributed by atoms with van der Waals surface area (Å²) in [6.07, 6.45) is 6.08. The highest BCUT2D eigenvalue weighted by Gasteiger charge is 2.38. The average molecular weight is 236 g/mol. The van der Waals surface area contributed by atoms with Gasteiger partial charge in [0.05, 0.1) is 13.0 Å².